The third-order valence-electron chi connectivity index (χ3n) is 4.66. The summed E-state index contributed by atoms with van der Waals surface area (Å²) in [6.45, 7) is -0.879. The second kappa shape index (κ2) is 9.23. The number of amides is 1. The van der Waals surface area contributed by atoms with Crippen LogP contribution in [0.15, 0.2) is 46.9 Å². The van der Waals surface area contributed by atoms with Gasteiger partial charge in [0.15, 0.2) is 11.5 Å². The van der Waals surface area contributed by atoms with Crippen molar-refractivity contribution in [1.29, 1.82) is 0 Å². The van der Waals surface area contributed by atoms with Gasteiger partial charge in [-0.25, -0.2) is 0 Å². The molecule has 1 heterocycles. The SMILES string of the molecule is COc1cccc(C(=O)NCC2CCN(c3cccc(Br)c3)C2)c1OC(F)F. The summed E-state index contributed by atoms with van der Waals surface area (Å²) in [4.78, 5) is 14.8. The normalized spacial score (nSPS) is 16.3. The summed E-state index contributed by atoms with van der Waals surface area (Å²) in [5.41, 5.74) is 1.16. The third-order valence-corrected chi connectivity index (χ3v) is 5.15. The summed E-state index contributed by atoms with van der Waals surface area (Å²) in [7, 11) is 1.34. The maximum atomic E-state index is 12.7. The van der Waals surface area contributed by atoms with E-state index in [2.05, 4.69) is 43.0 Å². The standard InChI is InChI=1S/C20H21BrF2N2O3/c1-27-17-7-3-6-16(18(17)28-20(22)23)19(26)24-11-13-8-9-25(12-13)15-5-2-4-14(21)10-15/h2-7,10,13,20H,8-9,11-12H2,1H3,(H,24,26). The molecular weight excluding hydrogens is 434 g/mol. The number of halogens is 3. The fraction of sp³-hybridized carbons (Fsp3) is 0.350. The number of hydrogen-bond acceptors (Lipinski definition) is 4. The first-order valence-corrected chi connectivity index (χ1v) is 9.67. The first kappa shape index (κ1) is 20.4. The van der Waals surface area contributed by atoms with E-state index in [9.17, 15) is 13.6 Å². The number of benzene rings is 2. The molecule has 0 bridgehead atoms. The van der Waals surface area contributed by atoms with Crippen LogP contribution >= 0.6 is 15.9 Å². The quantitative estimate of drug-likeness (QED) is 0.676. The molecule has 2 aromatic carbocycles. The van der Waals surface area contributed by atoms with Crippen molar-refractivity contribution in [2.24, 2.45) is 5.92 Å². The average Bonchev–Trinajstić information content (AvgIpc) is 3.15. The van der Waals surface area contributed by atoms with E-state index in [0.29, 0.717) is 6.54 Å². The zero-order valence-corrected chi connectivity index (χ0v) is 16.9. The Morgan fingerprint density at radius 1 is 1.32 bits per heavy atom. The van der Waals surface area contributed by atoms with Gasteiger partial charge in [0, 0.05) is 29.8 Å². The second-order valence-corrected chi connectivity index (χ2v) is 7.42. The minimum atomic E-state index is -3.04. The van der Waals surface area contributed by atoms with Gasteiger partial charge in [0.2, 0.25) is 0 Å². The van der Waals surface area contributed by atoms with Gasteiger partial charge < -0.3 is 19.7 Å². The van der Waals surface area contributed by atoms with Gasteiger partial charge in [0.25, 0.3) is 5.91 Å². The van der Waals surface area contributed by atoms with Gasteiger partial charge in [-0.1, -0.05) is 28.1 Å². The molecule has 0 aromatic heterocycles. The molecule has 28 heavy (non-hydrogen) atoms. The van der Waals surface area contributed by atoms with Crippen LogP contribution in [0, 0.1) is 5.92 Å². The molecule has 0 aliphatic carbocycles. The molecule has 8 heteroatoms. The van der Waals surface area contributed by atoms with Crippen molar-refractivity contribution in [3.05, 3.63) is 52.5 Å². The fourth-order valence-corrected chi connectivity index (χ4v) is 3.69. The van der Waals surface area contributed by atoms with E-state index >= 15 is 0 Å². The molecule has 0 saturated carbocycles. The maximum Gasteiger partial charge on any atom is 0.387 e. The highest BCUT2D eigenvalue weighted by Crippen LogP contribution is 2.32. The van der Waals surface area contributed by atoms with Crippen molar-refractivity contribution >= 4 is 27.5 Å². The Morgan fingerprint density at radius 2 is 2.11 bits per heavy atom. The zero-order chi connectivity index (χ0) is 20.1. The summed E-state index contributed by atoms with van der Waals surface area (Å²) in [6.07, 6.45) is 0.936. The molecule has 1 saturated heterocycles. The van der Waals surface area contributed by atoms with E-state index in [1.54, 1.807) is 6.07 Å². The van der Waals surface area contributed by atoms with Crippen LogP contribution in [0.25, 0.3) is 0 Å². The number of carbonyl (C=O) groups excluding carboxylic acids is 1. The van der Waals surface area contributed by atoms with Crippen LogP contribution < -0.4 is 19.7 Å². The number of alkyl halides is 2. The van der Waals surface area contributed by atoms with E-state index in [1.807, 2.05) is 12.1 Å². The Kier molecular flexibility index (Phi) is 6.72. The van der Waals surface area contributed by atoms with Crippen LogP contribution in [0.2, 0.25) is 0 Å². The minimum absolute atomic E-state index is 0.0292. The van der Waals surface area contributed by atoms with E-state index in [0.717, 1.165) is 29.7 Å². The summed E-state index contributed by atoms with van der Waals surface area (Å²) in [5.74, 6) is -0.349. The topological polar surface area (TPSA) is 50.8 Å². The van der Waals surface area contributed by atoms with E-state index in [-0.39, 0.29) is 23.0 Å². The third kappa shape index (κ3) is 4.92. The molecule has 1 atom stereocenters. The fourth-order valence-electron chi connectivity index (χ4n) is 3.30. The first-order valence-electron chi connectivity index (χ1n) is 8.88. The second-order valence-electron chi connectivity index (χ2n) is 6.51. The van der Waals surface area contributed by atoms with E-state index in [4.69, 9.17) is 4.74 Å². The van der Waals surface area contributed by atoms with Crippen molar-refractivity contribution in [1.82, 2.24) is 5.32 Å². The minimum Gasteiger partial charge on any atom is -0.493 e. The lowest BCUT2D eigenvalue weighted by Gasteiger charge is -2.19. The van der Waals surface area contributed by atoms with Crippen LogP contribution in [-0.4, -0.2) is 39.3 Å². The van der Waals surface area contributed by atoms with Crippen LogP contribution in [0.3, 0.4) is 0 Å². The lowest BCUT2D eigenvalue weighted by atomic mass is 10.1. The molecule has 1 amide bonds. The maximum absolute atomic E-state index is 12.7. The molecule has 0 radical (unpaired) electrons. The molecular formula is C20H21BrF2N2O3. The first-order chi connectivity index (χ1) is 13.5. The summed E-state index contributed by atoms with van der Waals surface area (Å²) in [5, 5.41) is 2.83. The molecule has 150 valence electrons. The lowest BCUT2D eigenvalue weighted by Crippen LogP contribution is -2.31. The van der Waals surface area contributed by atoms with Crippen molar-refractivity contribution in [2.45, 2.75) is 13.0 Å². The number of nitrogens with one attached hydrogen (secondary N) is 1. The van der Waals surface area contributed by atoms with Gasteiger partial charge in [0.1, 0.15) is 0 Å². The number of nitrogens with zero attached hydrogens (tertiary/aromatic N) is 1. The van der Waals surface area contributed by atoms with Crippen molar-refractivity contribution < 1.29 is 23.0 Å². The van der Waals surface area contributed by atoms with Gasteiger partial charge >= 0.3 is 6.61 Å². The molecule has 1 fully saturated rings. The summed E-state index contributed by atoms with van der Waals surface area (Å²) in [6, 6.07) is 12.6. The predicted octanol–water partition coefficient (Wildman–Crippen LogP) is 4.32. The predicted molar refractivity (Wildman–Crippen MR) is 106 cm³/mol. The highest BCUT2D eigenvalue weighted by molar-refractivity contribution is 9.10. The van der Waals surface area contributed by atoms with Gasteiger partial charge in [0.05, 0.1) is 12.7 Å². The highest BCUT2D eigenvalue weighted by Gasteiger charge is 2.25. The van der Waals surface area contributed by atoms with Crippen LogP contribution in [0.1, 0.15) is 16.8 Å². The Bertz CT molecular complexity index is 835. The number of carbonyl (C=O) groups is 1. The molecule has 1 N–H and O–H groups in total. The van der Waals surface area contributed by atoms with Crippen LogP contribution in [-0.2, 0) is 0 Å². The van der Waals surface area contributed by atoms with Crippen molar-refractivity contribution in [2.75, 3.05) is 31.6 Å². The average molecular weight is 455 g/mol. The monoisotopic (exact) mass is 454 g/mol. The molecule has 0 spiro atoms. The van der Waals surface area contributed by atoms with Gasteiger partial charge in [-0.15, -0.1) is 0 Å². The molecule has 2 aromatic rings. The summed E-state index contributed by atoms with van der Waals surface area (Å²) >= 11 is 3.48. The zero-order valence-electron chi connectivity index (χ0n) is 15.3. The molecule has 1 aliphatic rings. The van der Waals surface area contributed by atoms with Gasteiger partial charge in [-0.05, 0) is 42.7 Å². The van der Waals surface area contributed by atoms with Crippen molar-refractivity contribution in [3.63, 3.8) is 0 Å². The number of rotatable bonds is 7. The number of methoxy groups -OCH3 is 1. The molecule has 1 unspecified atom stereocenters. The van der Waals surface area contributed by atoms with E-state index < -0.39 is 12.5 Å². The smallest absolute Gasteiger partial charge is 0.387 e. The number of ether oxygens (including phenoxy) is 2. The Hall–Kier alpha value is -2.35. The van der Waals surface area contributed by atoms with Crippen LogP contribution in [0.4, 0.5) is 14.5 Å². The van der Waals surface area contributed by atoms with Gasteiger partial charge in [-0.3, -0.25) is 4.79 Å². The van der Waals surface area contributed by atoms with Crippen LogP contribution in [0.5, 0.6) is 11.5 Å². The molecule has 3 rings (SSSR count). The Morgan fingerprint density at radius 3 is 2.82 bits per heavy atom. The van der Waals surface area contributed by atoms with Crippen molar-refractivity contribution in [3.8, 4) is 11.5 Å². The van der Waals surface area contributed by atoms with E-state index in [1.165, 1.54) is 19.2 Å². The lowest BCUT2D eigenvalue weighted by molar-refractivity contribution is -0.0515. The largest absolute Gasteiger partial charge is 0.493 e. The van der Waals surface area contributed by atoms with Gasteiger partial charge in [-0.2, -0.15) is 8.78 Å². The Labute approximate surface area is 170 Å². The number of anilines is 1. The number of hydrogen-bond donors (Lipinski definition) is 1. The Balaban J connectivity index is 1.62. The highest BCUT2D eigenvalue weighted by atomic mass is 79.9. The molecule has 1 aliphatic heterocycles. The summed E-state index contributed by atoms with van der Waals surface area (Å²) < 4.78 is 36.0. The molecule has 5 nitrogen and oxygen atoms in total. The number of para-hydroxylation sites is 1.